The molecule has 6 nitrogen and oxygen atoms in total. The number of ether oxygens (including phenoxy) is 2. The maximum Gasteiger partial charge on any atom is 0.240 e. The lowest BCUT2D eigenvalue weighted by Crippen LogP contribution is -2.29. The molecule has 0 saturated carbocycles. The van der Waals surface area contributed by atoms with Gasteiger partial charge in [0.25, 0.3) is 0 Å². The molecule has 0 aromatic heterocycles. The smallest absolute Gasteiger partial charge is 0.240 e. The third kappa shape index (κ3) is 3.58. The Morgan fingerprint density at radius 1 is 1.18 bits per heavy atom. The fourth-order valence-electron chi connectivity index (χ4n) is 1.21. The summed E-state index contributed by atoms with van der Waals surface area (Å²) >= 11 is 0. The highest BCUT2D eigenvalue weighted by molar-refractivity contribution is 7.89. The molecule has 0 aliphatic rings. The van der Waals surface area contributed by atoms with E-state index in [0.29, 0.717) is 11.5 Å². The molecule has 0 amide bonds. The Morgan fingerprint density at radius 2 is 1.71 bits per heavy atom. The molecule has 0 aliphatic heterocycles. The van der Waals surface area contributed by atoms with E-state index in [0.717, 1.165) is 0 Å². The van der Waals surface area contributed by atoms with E-state index in [-0.39, 0.29) is 18.0 Å². The van der Waals surface area contributed by atoms with Crippen molar-refractivity contribution in [2.75, 3.05) is 27.3 Å². The monoisotopic (exact) mass is 260 g/mol. The van der Waals surface area contributed by atoms with Crippen molar-refractivity contribution in [2.45, 2.75) is 4.90 Å². The molecule has 0 heterocycles. The summed E-state index contributed by atoms with van der Waals surface area (Å²) in [5, 5.41) is 0. The van der Waals surface area contributed by atoms with Crippen LogP contribution in [0.15, 0.2) is 23.1 Å². The van der Waals surface area contributed by atoms with Crippen molar-refractivity contribution in [2.24, 2.45) is 5.73 Å². The SMILES string of the molecule is COc1cc(OC)cc(S(=O)(=O)NCCN)c1. The number of benzene rings is 1. The lowest BCUT2D eigenvalue weighted by atomic mass is 10.3. The molecule has 1 aromatic carbocycles. The molecule has 96 valence electrons. The van der Waals surface area contributed by atoms with E-state index in [4.69, 9.17) is 15.2 Å². The van der Waals surface area contributed by atoms with Crippen LogP contribution in [0.25, 0.3) is 0 Å². The standard InChI is InChI=1S/C10H16N2O4S/c1-15-8-5-9(16-2)7-10(6-8)17(13,14)12-4-3-11/h5-7,12H,3-4,11H2,1-2H3. The minimum atomic E-state index is -3.58. The molecule has 0 spiro atoms. The Labute approximate surface area is 101 Å². The van der Waals surface area contributed by atoms with Gasteiger partial charge in [-0.3, -0.25) is 0 Å². The van der Waals surface area contributed by atoms with Crippen molar-refractivity contribution in [1.29, 1.82) is 0 Å². The summed E-state index contributed by atoms with van der Waals surface area (Å²) in [6, 6.07) is 4.44. The van der Waals surface area contributed by atoms with Crippen LogP contribution in [0.4, 0.5) is 0 Å². The third-order valence-corrected chi connectivity index (χ3v) is 3.51. The van der Waals surface area contributed by atoms with Gasteiger partial charge < -0.3 is 15.2 Å². The molecule has 0 bridgehead atoms. The predicted octanol–water partition coefficient (Wildman–Crippen LogP) is -0.0592. The van der Waals surface area contributed by atoms with Gasteiger partial charge in [0.1, 0.15) is 11.5 Å². The average Bonchev–Trinajstić information content (AvgIpc) is 2.35. The van der Waals surface area contributed by atoms with Crippen LogP contribution in [0.2, 0.25) is 0 Å². The van der Waals surface area contributed by atoms with Crippen molar-refractivity contribution in [1.82, 2.24) is 4.72 Å². The lowest BCUT2D eigenvalue weighted by Gasteiger charge is -2.09. The van der Waals surface area contributed by atoms with Crippen LogP contribution in [-0.4, -0.2) is 35.7 Å². The van der Waals surface area contributed by atoms with E-state index in [1.54, 1.807) is 6.07 Å². The predicted molar refractivity (Wildman–Crippen MR) is 63.8 cm³/mol. The average molecular weight is 260 g/mol. The van der Waals surface area contributed by atoms with Gasteiger partial charge in [0, 0.05) is 31.3 Å². The van der Waals surface area contributed by atoms with E-state index in [2.05, 4.69) is 4.72 Å². The first-order valence-corrected chi connectivity index (χ1v) is 6.44. The van der Waals surface area contributed by atoms with Gasteiger partial charge in [0.2, 0.25) is 10.0 Å². The first-order valence-electron chi connectivity index (χ1n) is 4.96. The largest absolute Gasteiger partial charge is 0.497 e. The van der Waals surface area contributed by atoms with E-state index in [1.807, 2.05) is 0 Å². The lowest BCUT2D eigenvalue weighted by molar-refractivity contribution is 0.392. The fraction of sp³-hybridized carbons (Fsp3) is 0.400. The molecule has 0 radical (unpaired) electrons. The maximum absolute atomic E-state index is 11.8. The highest BCUT2D eigenvalue weighted by atomic mass is 32.2. The van der Waals surface area contributed by atoms with Gasteiger partial charge >= 0.3 is 0 Å². The van der Waals surface area contributed by atoms with Gasteiger partial charge in [0.15, 0.2) is 0 Å². The topological polar surface area (TPSA) is 90.6 Å². The number of nitrogens with one attached hydrogen (secondary N) is 1. The summed E-state index contributed by atoms with van der Waals surface area (Å²) in [4.78, 5) is 0.0853. The fourth-order valence-corrected chi connectivity index (χ4v) is 2.31. The highest BCUT2D eigenvalue weighted by Crippen LogP contribution is 2.25. The van der Waals surface area contributed by atoms with Gasteiger partial charge in [0.05, 0.1) is 19.1 Å². The van der Waals surface area contributed by atoms with E-state index in [9.17, 15) is 8.42 Å². The van der Waals surface area contributed by atoms with Gasteiger partial charge in [-0.05, 0) is 0 Å². The molecule has 7 heteroatoms. The molecular formula is C10H16N2O4S. The van der Waals surface area contributed by atoms with Crippen molar-refractivity contribution in [3.05, 3.63) is 18.2 Å². The molecule has 0 saturated heterocycles. The normalized spacial score (nSPS) is 11.2. The molecule has 1 aromatic rings. The first kappa shape index (κ1) is 13.8. The van der Waals surface area contributed by atoms with Crippen molar-refractivity contribution >= 4 is 10.0 Å². The number of methoxy groups -OCH3 is 2. The zero-order valence-electron chi connectivity index (χ0n) is 9.76. The molecule has 0 unspecified atom stereocenters. The minimum absolute atomic E-state index is 0.0853. The zero-order valence-corrected chi connectivity index (χ0v) is 10.6. The van der Waals surface area contributed by atoms with Crippen LogP contribution in [0, 0.1) is 0 Å². The summed E-state index contributed by atoms with van der Waals surface area (Å²) in [5.74, 6) is 0.829. The quantitative estimate of drug-likeness (QED) is 0.748. The van der Waals surface area contributed by atoms with Gasteiger partial charge in [-0.25, -0.2) is 13.1 Å². The summed E-state index contributed by atoms with van der Waals surface area (Å²) < 4.78 is 36.1. The number of nitrogens with two attached hydrogens (primary N) is 1. The Morgan fingerprint density at radius 3 is 2.12 bits per heavy atom. The Kier molecular flexibility index (Phi) is 4.73. The summed E-state index contributed by atoms with van der Waals surface area (Å²) in [6.45, 7) is 0.419. The minimum Gasteiger partial charge on any atom is -0.497 e. The Hall–Kier alpha value is -1.31. The van der Waals surface area contributed by atoms with Crippen LogP contribution < -0.4 is 19.9 Å². The molecule has 1 rings (SSSR count). The van der Waals surface area contributed by atoms with Gasteiger partial charge in [-0.2, -0.15) is 0 Å². The molecule has 17 heavy (non-hydrogen) atoms. The second-order valence-electron chi connectivity index (χ2n) is 3.23. The van der Waals surface area contributed by atoms with E-state index in [1.165, 1.54) is 26.4 Å². The number of hydrogen-bond donors (Lipinski definition) is 2. The van der Waals surface area contributed by atoms with E-state index >= 15 is 0 Å². The first-order chi connectivity index (χ1) is 8.03. The third-order valence-electron chi connectivity index (χ3n) is 2.07. The second kappa shape index (κ2) is 5.85. The van der Waals surface area contributed by atoms with Crippen LogP contribution >= 0.6 is 0 Å². The van der Waals surface area contributed by atoms with Crippen LogP contribution in [0.3, 0.4) is 0 Å². The summed E-state index contributed by atoms with van der Waals surface area (Å²) in [7, 11) is -0.664. The molecule has 0 aliphatic carbocycles. The number of rotatable bonds is 6. The molecule has 0 fully saturated rings. The van der Waals surface area contributed by atoms with Crippen LogP contribution in [0.5, 0.6) is 11.5 Å². The number of hydrogen-bond acceptors (Lipinski definition) is 5. The van der Waals surface area contributed by atoms with Crippen LogP contribution in [0.1, 0.15) is 0 Å². The van der Waals surface area contributed by atoms with Crippen molar-refractivity contribution < 1.29 is 17.9 Å². The van der Waals surface area contributed by atoms with Crippen molar-refractivity contribution in [3.63, 3.8) is 0 Å². The van der Waals surface area contributed by atoms with Crippen LogP contribution in [-0.2, 0) is 10.0 Å². The zero-order chi connectivity index (χ0) is 12.9. The molecule has 0 atom stereocenters. The Bertz CT molecular complexity index is 451. The van der Waals surface area contributed by atoms with Crippen molar-refractivity contribution in [3.8, 4) is 11.5 Å². The van der Waals surface area contributed by atoms with Gasteiger partial charge in [-0.15, -0.1) is 0 Å². The van der Waals surface area contributed by atoms with Gasteiger partial charge in [-0.1, -0.05) is 0 Å². The van der Waals surface area contributed by atoms with E-state index < -0.39 is 10.0 Å². The summed E-state index contributed by atoms with van der Waals surface area (Å²) in [6.07, 6.45) is 0. The Balaban J connectivity index is 3.12. The second-order valence-corrected chi connectivity index (χ2v) is 5.00. The molecular weight excluding hydrogens is 244 g/mol. The number of sulfonamides is 1. The highest BCUT2D eigenvalue weighted by Gasteiger charge is 2.15. The maximum atomic E-state index is 11.8. The summed E-state index contributed by atoms with van der Waals surface area (Å²) in [5.41, 5.74) is 5.25. The molecule has 3 N–H and O–H groups in total.